The first-order valence-electron chi connectivity index (χ1n) is 8.80. The van der Waals surface area contributed by atoms with Gasteiger partial charge in [0, 0.05) is 24.0 Å². The highest BCUT2D eigenvalue weighted by atomic mass is 79.9. The van der Waals surface area contributed by atoms with Crippen LogP contribution in [0.2, 0.25) is 0 Å². The summed E-state index contributed by atoms with van der Waals surface area (Å²) in [7, 11) is 0. The minimum atomic E-state index is -0.908. The third-order valence-electron chi connectivity index (χ3n) is 4.17. The summed E-state index contributed by atoms with van der Waals surface area (Å²) in [5.74, 6) is -1.78. The van der Waals surface area contributed by atoms with E-state index in [-0.39, 0.29) is 18.9 Å². The van der Waals surface area contributed by atoms with Crippen molar-refractivity contribution in [2.75, 3.05) is 13.1 Å². The molecule has 27 heavy (non-hydrogen) atoms. The first-order chi connectivity index (χ1) is 12.5. The van der Waals surface area contributed by atoms with Crippen LogP contribution in [0.25, 0.3) is 0 Å². The van der Waals surface area contributed by atoms with Gasteiger partial charge < -0.3 is 20.1 Å². The van der Waals surface area contributed by atoms with Gasteiger partial charge in [0.1, 0.15) is 11.6 Å². The Morgan fingerprint density at radius 1 is 1.37 bits per heavy atom. The molecular weight excluding hydrogens is 416 g/mol. The van der Waals surface area contributed by atoms with Gasteiger partial charge in [-0.05, 0) is 44.9 Å². The summed E-state index contributed by atoms with van der Waals surface area (Å²) in [6.07, 6.45) is 0.0212. The fourth-order valence-corrected chi connectivity index (χ4v) is 3.38. The van der Waals surface area contributed by atoms with Gasteiger partial charge in [0.25, 0.3) is 0 Å². The number of halogens is 1. The summed E-state index contributed by atoms with van der Waals surface area (Å²) in [5.41, 5.74) is 0.183. The molecule has 7 nitrogen and oxygen atoms in total. The zero-order valence-electron chi connectivity index (χ0n) is 15.7. The Kier molecular flexibility index (Phi) is 6.86. The lowest BCUT2D eigenvalue weighted by atomic mass is 10.0. The van der Waals surface area contributed by atoms with Crippen molar-refractivity contribution in [3.8, 4) is 0 Å². The molecular formula is C19H25BrN2O5. The molecule has 0 spiro atoms. The summed E-state index contributed by atoms with van der Waals surface area (Å²) in [6, 6.07) is 6.64. The molecule has 2 N–H and O–H groups in total. The molecule has 148 valence electrons. The van der Waals surface area contributed by atoms with Crippen LogP contribution in [0, 0.1) is 5.92 Å². The molecule has 2 atom stereocenters. The van der Waals surface area contributed by atoms with Gasteiger partial charge in [0.15, 0.2) is 0 Å². The van der Waals surface area contributed by atoms with Gasteiger partial charge in [0.05, 0.1) is 5.92 Å². The van der Waals surface area contributed by atoms with Gasteiger partial charge in [-0.3, -0.25) is 9.59 Å². The van der Waals surface area contributed by atoms with Crippen LogP contribution in [0.5, 0.6) is 0 Å². The number of nitrogens with one attached hydrogen (secondary N) is 1. The molecule has 1 saturated heterocycles. The fraction of sp³-hybridized carbons (Fsp3) is 0.526. The molecule has 1 fully saturated rings. The van der Waals surface area contributed by atoms with E-state index in [2.05, 4.69) is 21.2 Å². The third kappa shape index (κ3) is 6.53. The lowest BCUT2D eigenvalue weighted by Crippen LogP contribution is -2.50. The Bertz CT molecular complexity index is 716. The Balaban J connectivity index is 2.14. The van der Waals surface area contributed by atoms with Crippen molar-refractivity contribution in [1.82, 2.24) is 10.2 Å². The normalized spacial score (nSPS) is 18.1. The van der Waals surface area contributed by atoms with Crippen LogP contribution in [-0.4, -0.2) is 52.7 Å². The van der Waals surface area contributed by atoms with Crippen molar-refractivity contribution in [2.24, 2.45) is 5.92 Å². The number of aliphatic carboxylic acids is 1. The predicted octanol–water partition coefficient (Wildman–Crippen LogP) is 2.82. The van der Waals surface area contributed by atoms with Crippen LogP contribution in [0.3, 0.4) is 0 Å². The van der Waals surface area contributed by atoms with Crippen LogP contribution in [-0.2, 0) is 20.7 Å². The third-order valence-corrected chi connectivity index (χ3v) is 4.66. The van der Waals surface area contributed by atoms with E-state index in [0.717, 1.165) is 10.0 Å². The largest absolute Gasteiger partial charge is 0.481 e. The number of carbonyl (C=O) groups is 3. The molecule has 1 aliphatic heterocycles. The summed E-state index contributed by atoms with van der Waals surface area (Å²) < 4.78 is 6.15. The highest BCUT2D eigenvalue weighted by Gasteiger charge is 2.35. The molecule has 8 heteroatoms. The maximum absolute atomic E-state index is 13.0. The average Bonchev–Trinajstić information content (AvgIpc) is 3.02. The maximum atomic E-state index is 13.0. The Morgan fingerprint density at radius 3 is 2.63 bits per heavy atom. The zero-order valence-corrected chi connectivity index (χ0v) is 17.3. The highest BCUT2D eigenvalue weighted by Crippen LogP contribution is 2.19. The van der Waals surface area contributed by atoms with Crippen LogP contribution in [0.1, 0.15) is 32.8 Å². The minimum absolute atomic E-state index is 0.152. The summed E-state index contributed by atoms with van der Waals surface area (Å²) in [5, 5.41) is 11.8. The van der Waals surface area contributed by atoms with Crippen LogP contribution < -0.4 is 5.32 Å². The van der Waals surface area contributed by atoms with Crippen molar-refractivity contribution in [1.29, 1.82) is 0 Å². The summed E-state index contributed by atoms with van der Waals surface area (Å²) in [4.78, 5) is 37.8. The molecule has 0 aromatic heterocycles. The first kappa shape index (κ1) is 21.2. The summed E-state index contributed by atoms with van der Waals surface area (Å²) >= 11 is 3.40. The van der Waals surface area contributed by atoms with Gasteiger partial charge in [-0.15, -0.1) is 0 Å². The van der Waals surface area contributed by atoms with Gasteiger partial charge in [-0.25, -0.2) is 4.79 Å². The standard InChI is InChI=1S/C19H25BrN2O5/c1-19(2,3)27-18(26)21-15(10-12-5-4-6-14(20)9-12)16(23)22-8-7-13(11-22)17(24)25/h4-6,9,13,15H,7-8,10-11H2,1-3H3,(H,21,26)(H,24,25)/t13-,15+/m1/s1. The Labute approximate surface area is 167 Å². The number of hydrogen-bond acceptors (Lipinski definition) is 4. The van der Waals surface area contributed by atoms with Crippen molar-refractivity contribution in [3.05, 3.63) is 34.3 Å². The van der Waals surface area contributed by atoms with Gasteiger partial charge in [-0.2, -0.15) is 0 Å². The van der Waals surface area contributed by atoms with Crippen LogP contribution in [0.4, 0.5) is 4.79 Å². The van der Waals surface area contributed by atoms with Crippen molar-refractivity contribution >= 4 is 33.9 Å². The second kappa shape index (κ2) is 8.73. The second-order valence-corrected chi connectivity index (χ2v) is 8.56. The van der Waals surface area contributed by atoms with Crippen molar-refractivity contribution in [2.45, 2.75) is 45.3 Å². The number of carboxylic acids is 1. The molecule has 2 amide bonds. The predicted molar refractivity (Wildman–Crippen MR) is 103 cm³/mol. The fourth-order valence-electron chi connectivity index (χ4n) is 2.93. The van der Waals surface area contributed by atoms with Gasteiger partial charge in [0.2, 0.25) is 5.91 Å². The molecule has 0 saturated carbocycles. The number of carbonyl (C=O) groups excluding carboxylic acids is 2. The second-order valence-electron chi connectivity index (χ2n) is 7.64. The Hall–Kier alpha value is -2.09. The molecule has 1 aliphatic rings. The smallest absolute Gasteiger partial charge is 0.408 e. The van der Waals surface area contributed by atoms with E-state index < -0.39 is 29.6 Å². The van der Waals surface area contributed by atoms with Gasteiger partial charge in [-0.1, -0.05) is 28.1 Å². The molecule has 0 bridgehead atoms. The highest BCUT2D eigenvalue weighted by molar-refractivity contribution is 9.10. The number of likely N-dealkylation sites (tertiary alicyclic amines) is 1. The minimum Gasteiger partial charge on any atom is -0.481 e. The maximum Gasteiger partial charge on any atom is 0.408 e. The molecule has 0 radical (unpaired) electrons. The number of hydrogen-bond donors (Lipinski definition) is 2. The van der Waals surface area contributed by atoms with E-state index in [1.54, 1.807) is 20.8 Å². The number of nitrogens with zero attached hydrogens (tertiary/aromatic N) is 1. The van der Waals surface area contributed by atoms with E-state index in [0.29, 0.717) is 13.0 Å². The number of carboxylic acid groups (broad SMARTS) is 1. The quantitative estimate of drug-likeness (QED) is 0.733. The van der Waals surface area contributed by atoms with E-state index in [1.807, 2.05) is 24.3 Å². The molecule has 1 aromatic rings. The number of amides is 2. The van der Waals surface area contributed by atoms with E-state index in [9.17, 15) is 14.4 Å². The van der Waals surface area contributed by atoms with E-state index >= 15 is 0 Å². The topological polar surface area (TPSA) is 95.9 Å². The number of ether oxygens (including phenoxy) is 1. The Morgan fingerprint density at radius 2 is 2.07 bits per heavy atom. The molecule has 0 aliphatic carbocycles. The van der Waals surface area contributed by atoms with Crippen LogP contribution in [0.15, 0.2) is 28.7 Å². The average molecular weight is 441 g/mol. The van der Waals surface area contributed by atoms with Gasteiger partial charge >= 0.3 is 12.1 Å². The summed E-state index contributed by atoms with van der Waals surface area (Å²) in [6.45, 7) is 5.75. The number of benzene rings is 1. The molecule has 2 rings (SSSR count). The number of alkyl carbamates (subject to hydrolysis) is 1. The van der Waals surface area contributed by atoms with E-state index in [4.69, 9.17) is 9.84 Å². The monoisotopic (exact) mass is 440 g/mol. The lowest BCUT2D eigenvalue weighted by Gasteiger charge is -2.26. The van der Waals surface area contributed by atoms with Crippen molar-refractivity contribution < 1.29 is 24.2 Å². The SMILES string of the molecule is CC(C)(C)OC(=O)N[C@@H](Cc1cccc(Br)c1)C(=O)N1CC[C@@H](C(=O)O)C1. The molecule has 1 heterocycles. The lowest BCUT2D eigenvalue weighted by molar-refractivity contribution is -0.141. The first-order valence-corrected chi connectivity index (χ1v) is 9.60. The van der Waals surface area contributed by atoms with Crippen molar-refractivity contribution in [3.63, 3.8) is 0 Å². The molecule has 1 aromatic carbocycles. The van der Waals surface area contributed by atoms with E-state index in [1.165, 1.54) is 4.90 Å². The number of rotatable bonds is 5. The zero-order chi connectivity index (χ0) is 20.2. The van der Waals surface area contributed by atoms with Crippen LogP contribution >= 0.6 is 15.9 Å². The molecule has 0 unspecified atom stereocenters.